The van der Waals surface area contributed by atoms with E-state index in [0.717, 1.165) is 0 Å². The number of aryl methyl sites for hydroxylation is 1. The number of carbonyl (C=O) groups excluding carboxylic acids is 3. The predicted octanol–water partition coefficient (Wildman–Crippen LogP) is 1.16. The minimum Gasteiger partial charge on any atom is -0.347 e. The average molecular weight is 203 g/mol. The number of rotatable bonds is 1. The maximum atomic E-state index is 11.8. The molecule has 4 heteroatoms. The van der Waals surface area contributed by atoms with E-state index in [0.29, 0.717) is 17.6 Å². The summed E-state index contributed by atoms with van der Waals surface area (Å²) < 4.78 is 1.52. The summed E-state index contributed by atoms with van der Waals surface area (Å²) in [6.07, 6.45) is 3.40. The van der Waals surface area contributed by atoms with E-state index in [1.165, 1.54) is 16.8 Å². The first-order valence-electron chi connectivity index (χ1n) is 4.48. The van der Waals surface area contributed by atoms with E-state index in [1.54, 1.807) is 14.0 Å². The Morgan fingerprint density at radius 3 is 2.60 bits per heavy atom. The molecule has 1 aliphatic rings. The molecule has 0 spiro atoms. The van der Waals surface area contributed by atoms with Crippen molar-refractivity contribution in [3.8, 4) is 0 Å². The third-order valence-corrected chi connectivity index (χ3v) is 2.50. The third kappa shape index (κ3) is 1.18. The van der Waals surface area contributed by atoms with Gasteiger partial charge < -0.3 is 4.57 Å². The van der Waals surface area contributed by atoms with E-state index in [2.05, 4.69) is 0 Å². The van der Waals surface area contributed by atoms with Gasteiger partial charge in [-0.25, -0.2) is 0 Å². The summed E-state index contributed by atoms with van der Waals surface area (Å²) in [6.45, 7) is 1.57. The Balaban J connectivity index is 2.79. The van der Waals surface area contributed by atoms with E-state index in [1.807, 2.05) is 0 Å². The monoisotopic (exact) mass is 203 g/mol. The molecule has 2 rings (SSSR count). The standard InChI is InChI=1S/C11H9NO3/c1-6-3-8(14)10-9(11(6)15)7(5-13)4-12(10)2/h3-5H,1-2H3. The third-order valence-electron chi connectivity index (χ3n) is 2.50. The van der Waals surface area contributed by atoms with E-state index in [9.17, 15) is 14.4 Å². The van der Waals surface area contributed by atoms with Gasteiger partial charge in [0.25, 0.3) is 0 Å². The highest BCUT2D eigenvalue weighted by molar-refractivity contribution is 6.26. The normalized spacial score (nSPS) is 14.9. The summed E-state index contributed by atoms with van der Waals surface area (Å²) in [5, 5.41) is 0. The van der Waals surface area contributed by atoms with Crippen LogP contribution in [0.15, 0.2) is 17.8 Å². The molecule has 0 radical (unpaired) electrons. The largest absolute Gasteiger partial charge is 0.347 e. The van der Waals surface area contributed by atoms with Crippen molar-refractivity contribution in [2.75, 3.05) is 0 Å². The van der Waals surface area contributed by atoms with Gasteiger partial charge in [0.15, 0.2) is 12.1 Å². The highest BCUT2D eigenvalue weighted by Gasteiger charge is 2.29. The molecule has 0 fully saturated rings. The van der Waals surface area contributed by atoms with Gasteiger partial charge in [0, 0.05) is 24.4 Å². The van der Waals surface area contributed by atoms with Gasteiger partial charge in [0.05, 0.1) is 5.56 Å². The number of ketones is 2. The van der Waals surface area contributed by atoms with Crippen LogP contribution < -0.4 is 0 Å². The molecule has 76 valence electrons. The Kier molecular flexibility index (Phi) is 1.93. The van der Waals surface area contributed by atoms with Crippen LogP contribution in [0.25, 0.3) is 0 Å². The van der Waals surface area contributed by atoms with E-state index >= 15 is 0 Å². The Labute approximate surface area is 86.2 Å². The zero-order valence-corrected chi connectivity index (χ0v) is 8.40. The van der Waals surface area contributed by atoms with Crippen molar-refractivity contribution < 1.29 is 14.4 Å². The van der Waals surface area contributed by atoms with E-state index in [-0.39, 0.29) is 22.7 Å². The fourth-order valence-electron chi connectivity index (χ4n) is 1.80. The molecule has 1 aromatic rings. The van der Waals surface area contributed by atoms with Crippen molar-refractivity contribution in [3.63, 3.8) is 0 Å². The van der Waals surface area contributed by atoms with E-state index < -0.39 is 0 Å². The van der Waals surface area contributed by atoms with Gasteiger partial charge in [-0.2, -0.15) is 0 Å². The molecule has 0 N–H and O–H groups in total. The molecule has 0 bridgehead atoms. The first-order valence-corrected chi connectivity index (χ1v) is 4.48. The van der Waals surface area contributed by atoms with Crippen molar-refractivity contribution in [2.24, 2.45) is 7.05 Å². The molecule has 1 aromatic heterocycles. The highest BCUT2D eigenvalue weighted by atomic mass is 16.1. The fraction of sp³-hybridized carbons (Fsp3) is 0.182. The Hall–Kier alpha value is -1.97. The predicted molar refractivity (Wildman–Crippen MR) is 53.2 cm³/mol. The van der Waals surface area contributed by atoms with Gasteiger partial charge in [0.1, 0.15) is 5.69 Å². The molecule has 0 saturated carbocycles. The van der Waals surface area contributed by atoms with Gasteiger partial charge in [-0.1, -0.05) is 0 Å². The lowest BCUT2D eigenvalue weighted by Gasteiger charge is -2.10. The van der Waals surface area contributed by atoms with Crippen LogP contribution in [0, 0.1) is 0 Å². The molecule has 0 saturated heterocycles. The number of aldehydes is 1. The minimum absolute atomic E-state index is 0.224. The molecule has 0 aliphatic heterocycles. The molecule has 0 unspecified atom stereocenters. The molecule has 0 amide bonds. The van der Waals surface area contributed by atoms with Crippen molar-refractivity contribution >= 4 is 17.9 Å². The van der Waals surface area contributed by atoms with Crippen LogP contribution in [0.2, 0.25) is 0 Å². The van der Waals surface area contributed by atoms with Crippen molar-refractivity contribution in [1.29, 1.82) is 0 Å². The second kappa shape index (κ2) is 3.02. The summed E-state index contributed by atoms with van der Waals surface area (Å²) in [7, 11) is 1.64. The molecular formula is C11H9NO3. The first-order chi connectivity index (χ1) is 7.06. The number of allylic oxidation sites excluding steroid dienone is 2. The first kappa shape index (κ1) is 9.58. The van der Waals surface area contributed by atoms with Crippen LogP contribution in [0.4, 0.5) is 0 Å². The maximum Gasteiger partial charge on any atom is 0.203 e. The van der Waals surface area contributed by atoms with Crippen LogP contribution in [0.5, 0.6) is 0 Å². The summed E-state index contributed by atoms with van der Waals surface area (Å²) in [6, 6.07) is 0. The van der Waals surface area contributed by atoms with Gasteiger partial charge in [-0.15, -0.1) is 0 Å². The van der Waals surface area contributed by atoms with E-state index in [4.69, 9.17) is 0 Å². The van der Waals surface area contributed by atoms with Gasteiger partial charge in [0.2, 0.25) is 5.78 Å². The molecule has 0 aromatic carbocycles. The number of aromatic nitrogens is 1. The Morgan fingerprint density at radius 2 is 2.00 bits per heavy atom. The second-order valence-electron chi connectivity index (χ2n) is 3.56. The van der Waals surface area contributed by atoms with Crippen molar-refractivity contribution in [1.82, 2.24) is 4.57 Å². The van der Waals surface area contributed by atoms with Crippen LogP contribution in [0.1, 0.15) is 38.1 Å². The second-order valence-corrected chi connectivity index (χ2v) is 3.56. The molecular weight excluding hydrogens is 194 g/mol. The lowest BCUT2D eigenvalue weighted by Crippen LogP contribution is -2.17. The van der Waals surface area contributed by atoms with Crippen LogP contribution in [0.3, 0.4) is 0 Å². The Morgan fingerprint density at radius 1 is 1.33 bits per heavy atom. The number of nitrogens with zero attached hydrogens (tertiary/aromatic N) is 1. The smallest absolute Gasteiger partial charge is 0.203 e. The summed E-state index contributed by atoms with van der Waals surface area (Å²) in [4.78, 5) is 34.1. The van der Waals surface area contributed by atoms with Crippen LogP contribution >= 0.6 is 0 Å². The molecule has 0 atom stereocenters. The zero-order valence-electron chi connectivity index (χ0n) is 8.40. The maximum absolute atomic E-state index is 11.8. The number of fused-ring (bicyclic) bond motifs is 1. The van der Waals surface area contributed by atoms with Crippen molar-refractivity contribution in [2.45, 2.75) is 6.92 Å². The topological polar surface area (TPSA) is 56.1 Å². The zero-order chi connectivity index (χ0) is 11.2. The fourth-order valence-corrected chi connectivity index (χ4v) is 1.80. The summed E-state index contributed by atoms with van der Waals surface area (Å²) in [5.74, 6) is -0.468. The van der Waals surface area contributed by atoms with Crippen LogP contribution in [-0.4, -0.2) is 22.4 Å². The number of hydrogen-bond acceptors (Lipinski definition) is 3. The molecule has 1 heterocycles. The van der Waals surface area contributed by atoms with Gasteiger partial charge >= 0.3 is 0 Å². The molecule has 1 aliphatic carbocycles. The summed E-state index contributed by atoms with van der Waals surface area (Å²) >= 11 is 0. The average Bonchev–Trinajstić information content (AvgIpc) is 2.52. The highest BCUT2D eigenvalue weighted by Crippen LogP contribution is 2.24. The van der Waals surface area contributed by atoms with Gasteiger partial charge in [-0.3, -0.25) is 14.4 Å². The SMILES string of the molecule is CC1=CC(=O)c2c(c(C=O)cn2C)C1=O. The number of carbonyl (C=O) groups is 3. The van der Waals surface area contributed by atoms with Gasteiger partial charge in [-0.05, 0) is 13.0 Å². The number of Topliss-reactive ketones (excluding diaryl/α,β-unsaturated/α-hetero) is 1. The van der Waals surface area contributed by atoms with Crippen molar-refractivity contribution in [3.05, 3.63) is 34.7 Å². The molecule has 4 nitrogen and oxygen atoms in total. The lowest BCUT2D eigenvalue weighted by molar-refractivity contribution is 0.0978. The lowest BCUT2D eigenvalue weighted by atomic mass is 9.93. The van der Waals surface area contributed by atoms with Crippen LogP contribution in [-0.2, 0) is 7.05 Å². The Bertz CT molecular complexity index is 520. The molecule has 15 heavy (non-hydrogen) atoms. The summed E-state index contributed by atoms with van der Waals surface area (Å²) in [5.41, 5.74) is 1.19. The number of hydrogen-bond donors (Lipinski definition) is 0. The minimum atomic E-state index is -0.243. The quantitative estimate of drug-likeness (QED) is 0.643.